The zero-order chi connectivity index (χ0) is 15.8. The monoisotopic (exact) mass is 289 g/mol. The lowest BCUT2D eigenvalue weighted by Crippen LogP contribution is -2.35. The van der Waals surface area contributed by atoms with E-state index in [2.05, 4.69) is 10.6 Å². The van der Waals surface area contributed by atoms with Gasteiger partial charge < -0.3 is 15.7 Å². The van der Waals surface area contributed by atoms with E-state index in [1.807, 2.05) is 13.0 Å². The molecule has 1 unspecified atom stereocenters. The Hall–Kier alpha value is -2.55. The van der Waals surface area contributed by atoms with E-state index in [0.717, 1.165) is 12.0 Å². The minimum absolute atomic E-state index is 0.0582. The number of carbonyl (C=O) groups is 2. The predicted molar refractivity (Wildman–Crippen MR) is 78.9 cm³/mol. The number of hydrogen-bond donors (Lipinski definition) is 3. The van der Waals surface area contributed by atoms with Crippen molar-refractivity contribution in [1.82, 2.24) is 5.32 Å². The lowest BCUT2D eigenvalue weighted by molar-refractivity contribution is -0.141. The number of carboxylic acid groups (broad SMARTS) is 1. The zero-order valence-corrected chi connectivity index (χ0v) is 12.1. The van der Waals surface area contributed by atoms with Crippen molar-refractivity contribution in [1.29, 1.82) is 5.26 Å². The number of hydrogen-bond acceptors (Lipinski definition) is 3. The second-order valence-corrected chi connectivity index (χ2v) is 4.77. The molecule has 0 radical (unpaired) electrons. The van der Waals surface area contributed by atoms with Crippen LogP contribution >= 0.6 is 0 Å². The largest absolute Gasteiger partial charge is 0.481 e. The summed E-state index contributed by atoms with van der Waals surface area (Å²) in [6.45, 7) is 3.73. The molecule has 0 aliphatic heterocycles. The molecule has 0 heterocycles. The Morgan fingerprint density at radius 3 is 2.71 bits per heavy atom. The first kappa shape index (κ1) is 16.5. The van der Waals surface area contributed by atoms with E-state index in [-0.39, 0.29) is 6.54 Å². The first-order chi connectivity index (χ1) is 9.99. The van der Waals surface area contributed by atoms with Gasteiger partial charge in [-0.3, -0.25) is 4.79 Å². The predicted octanol–water partition coefficient (Wildman–Crippen LogP) is 2.49. The number of nitrogens with zero attached hydrogens (tertiary/aromatic N) is 1. The van der Waals surface area contributed by atoms with Crippen LogP contribution in [-0.2, 0) is 4.79 Å². The summed E-state index contributed by atoms with van der Waals surface area (Å²) in [6.07, 6.45) is 1.24. The Morgan fingerprint density at radius 1 is 1.43 bits per heavy atom. The number of aryl methyl sites for hydroxylation is 1. The fourth-order valence-corrected chi connectivity index (χ4v) is 1.96. The second-order valence-electron chi connectivity index (χ2n) is 4.77. The maximum absolute atomic E-state index is 11.8. The number of aliphatic carboxylic acids is 1. The second kappa shape index (κ2) is 7.90. The van der Waals surface area contributed by atoms with E-state index < -0.39 is 17.9 Å². The summed E-state index contributed by atoms with van der Waals surface area (Å²) >= 11 is 0. The summed E-state index contributed by atoms with van der Waals surface area (Å²) in [5.41, 5.74) is 1.58. The quantitative estimate of drug-likeness (QED) is 0.748. The molecule has 0 aromatic heterocycles. The number of rotatable bonds is 6. The van der Waals surface area contributed by atoms with E-state index in [1.165, 1.54) is 0 Å². The van der Waals surface area contributed by atoms with Gasteiger partial charge in [-0.25, -0.2) is 4.79 Å². The molecule has 1 rings (SSSR count). The topological polar surface area (TPSA) is 102 Å². The maximum atomic E-state index is 11.8. The molecule has 3 N–H and O–H groups in total. The molecule has 21 heavy (non-hydrogen) atoms. The third-order valence-corrected chi connectivity index (χ3v) is 3.13. The Morgan fingerprint density at radius 2 is 2.14 bits per heavy atom. The average Bonchev–Trinajstić information content (AvgIpc) is 2.43. The molecule has 1 aromatic carbocycles. The lowest BCUT2D eigenvalue weighted by atomic mass is 10.0. The van der Waals surface area contributed by atoms with Crippen molar-refractivity contribution < 1.29 is 14.7 Å². The lowest BCUT2D eigenvalue weighted by Gasteiger charge is -2.14. The number of nitriles is 1. The molecule has 6 heteroatoms. The van der Waals surface area contributed by atoms with Crippen LogP contribution in [0.2, 0.25) is 0 Å². The summed E-state index contributed by atoms with van der Waals surface area (Å²) in [7, 11) is 0. The standard InChI is InChI=1S/C15H19N3O3/c1-3-5-11(14(19)20)9-17-15(21)18-13-7-4-6-10(2)12(13)8-16/h4,6-7,11H,3,5,9H2,1-2H3,(H,19,20)(H2,17,18,21). The first-order valence-corrected chi connectivity index (χ1v) is 6.77. The molecule has 1 aromatic rings. The van der Waals surface area contributed by atoms with E-state index >= 15 is 0 Å². The molecule has 0 aliphatic carbocycles. The van der Waals surface area contributed by atoms with Gasteiger partial charge in [-0.05, 0) is 25.0 Å². The Bertz CT molecular complexity index is 564. The highest BCUT2D eigenvalue weighted by Gasteiger charge is 2.17. The van der Waals surface area contributed by atoms with Gasteiger partial charge in [-0.1, -0.05) is 25.5 Å². The highest BCUT2D eigenvalue weighted by molar-refractivity contribution is 5.91. The number of benzene rings is 1. The summed E-state index contributed by atoms with van der Waals surface area (Å²) in [4.78, 5) is 22.8. The highest BCUT2D eigenvalue weighted by atomic mass is 16.4. The van der Waals surface area contributed by atoms with E-state index in [4.69, 9.17) is 10.4 Å². The van der Waals surface area contributed by atoms with Gasteiger partial charge in [0.1, 0.15) is 6.07 Å². The third-order valence-electron chi connectivity index (χ3n) is 3.13. The van der Waals surface area contributed by atoms with Gasteiger partial charge in [-0.2, -0.15) is 5.26 Å². The van der Waals surface area contributed by atoms with Crippen molar-refractivity contribution in [3.63, 3.8) is 0 Å². The minimum Gasteiger partial charge on any atom is -0.481 e. The summed E-state index contributed by atoms with van der Waals surface area (Å²) in [5.74, 6) is -1.53. The fourth-order valence-electron chi connectivity index (χ4n) is 1.96. The van der Waals surface area contributed by atoms with Crippen molar-refractivity contribution in [2.75, 3.05) is 11.9 Å². The molecular weight excluding hydrogens is 270 g/mol. The molecule has 112 valence electrons. The number of nitrogens with one attached hydrogen (secondary N) is 2. The average molecular weight is 289 g/mol. The van der Waals surface area contributed by atoms with Gasteiger partial charge >= 0.3 is 12.0 Å². The van der Waals surface area contributed by atoms with Crippen molar-refractivity contribution in [2.24, 2.45) is 5.92 Å². The Labute approximate surface area is 123 Å². The van der Waals surface area contributed by atoms with Crippen LogP contribution in [0.25, 0.3) is 0 Å². The smallest absolute Gasteiger partial charge is 0.319 e. The molecule has 0 saturated carbocycles. The van der Waals surface area contributed by atoms with Crippen LogP contribution in [-0.4, -0.2) is 23.7 Å². The molecule has 0 saturated heterocycles. The molecular formula is C15H19N3O3. The van der Waals surface area contributed by atoms with E-state index in [1.54, 1.807) is 25.1 Å². The van der Waals surface area contributed by atoms with Gasteiger partial charge in [0.2, 0.25) is 0 Å². The normalized spacial score (nSPS) is 11.3. The van der Waals surface area contributed by atoms with Gasteiger partial charge in [0.05, 0.1) is 17.2 Å². The van der Waals surface area contributed by atoms with Gasteiger partial charge in [0.15, 0.2) is 0 Å². The molecule has 0 spiro atoms. The van der Waals surface area contributed by atoms with Crippen molar-refractivity contribution in [3.8, 4) is 6.07 Å². The zero-order valence-electron chi connectivity index (χ0n) is 12.1. The van der Waals surface area contributed by atoms with Crippen LogP contribution < -0.4 is 10.6 Å². The van der Waals surface area contributed by atoms with Crippen LogP contribution in [0.1, 0.15) is 30.9 Å². The number of amides is 2. The van der Waals surface area contributed by atoms with E-state index in [9.17, 15) is 9.59 Å². The van der Waals surface area contributed by atoms with Crippen molar-refractivity contribution in [3.05, 3.63) is 29.3 Å². The highest BCUT2D eigenvalue weighted by Crippen LogP contribution is 2.18. The number of anilines is 1. The summed E-state index contributed by atoms with van der Waals surface area (Å²) in [5, 5.41) is 23.2. The number of carbonyl (C=O) groups excluding carboxylic acids is 1. The van der Waals surface area contributed by atoms with Crippen LogP contribution in [0.4, 0.5) is 10.5 Å². The fraction of sp³-hybridized carbons (Fsp3) is 0.400. The van der Waals surface area contributed by atoms with Crippen LogP contribution in [0.5, 0.6) is 0 Å². The Kier molecular flexibility index (Phi) is 6.21. The molecule has 6 nitrogen and oxygen atoms in total. The molecule has 1 atom stereocenters. The summed E-state index contributed by atoms with van der Waals surface area (Å²) < 4.78 is 0. The van der Waals surface area contributed by atoms with Gasteiger partial charge in [0.25, 0.3) is 0 Å². The van der Waals surface area contributed by atoms with Crippen LogP contribution in [0.3, 0.4) is 0 Å². The van der Waals surface area contributed by atoms with Gasteiger partial charge in [-0.15, -0.1) is 0 Å². The van der Waals surface area contributed by atoms with Crippen LogP contribution in [0.15, 0.2) is 18.2 Å². The molecule has 2 amide bonds. The van der Waals surface area contributed by atoms with Gasteiger partial charge in [0, 0.05) is 6.54 Å². The SMILES string of the molecule is CCCC(CNC(=O)Nc1cccc(C)c1C#N)C(=O)O. The van der Waals surface area contributed by atoms with E-state index in [0.29, 0.717) is 17.7 Å². The van der Waals surface area contributed by atoms with Crippen molar-refractivity contribution >= 4 is 17.7 Å². The minimum atomic E-state index is -0.926. The molecule has 0 bridgehead atoms. The molecule has 0 fully saturated rings. The van der Waals surface area contributed by atoms with Crippen LogP contribution in [0, 0.1) is 24.2 Å². The summed E-state index contributed by atoms with van der Waals surface area (Å²) in [6, 6.07) is 6.67. The Balaban J connectivity index is 2.65. The number of urea groups is 1. The van der Waals surface area contributed by atoms with Crippen molar-refractivity contribution in [2.45, 2.75) is 26.7 Å². The first-order valence-electron chi connectivity index (χ1n) is 6.77. The third kappa shape index (κ3) is 4.80. The number of carboxylic acids is 1. The maximum Gasteiger partial charge on any atom is 0.319 e. The molecule has 0 aliphatic rings.